The molecule has 102 valence electrons. The van der Waals surface area contributed by atoms with E-state index in [2.05, 4.69) is 4.98 Å². The quantitative estimate of drug-likeness (QED) is 0.788. The molecule has 1 aromatic heterocycles. The number of phenols is 1. The minimum Gasteiger partial charge on any atom is -0.508 e. The van der Waals surface area contributed by atoms with E-state index in [1.54, 1.807) is 17.4 Å². The van der Waals surface area contributed by atoms with Gasteiger partial charge in [0.15, 0.2) is 0 Å². The van der Waals surface area contributed by atoms with E-state index >= 15 is 0 Å². The third-order valence-corrected chi connectivity index (χ3v) is 4.07. The molecule has 1 N–H and O–H groups in total. The van der Waals surface area contributed by atoms with Crippen LogP contribution in [-0.4, -0.2) is 16.7 Å². The average Bonchev–Trinajstić information content (AvgIpc) is 2.83. The smallest absolute Gasteiger partial charge is 0.120 e. The summed E-state index contributed by atoms with van der Waals surface area (Å²) in [5.41, 5.74) is 1.88. The van der Waals surface area contributed by atoms with Crippen LogP contribution >= 0.6 is 11.3 Å². The molecule has 0 radical (unpaired) electrons. The lowest BCUT2D eigenvalue weighted by Crippen LogP contribution is -1.90. The zero-order chi connectivity index (χ0) is 13.9. The lowest BCUT2D eigenvalue weighted by molar-refractivity contribution is 0.341. The fourth-order valence-electron chi connectivity index (χ4n) is 2.11. The zero-order valence-corrected chi connectivity index (χ0v) is 12.0. The van der Waals surface area contributed by atoms with Crippen molar-refractivity contribution in [1.29, 1.82) is 0 Å². The molecular weight excluding hydrogens is 270 g/mol. The van der Waals surface area contributed by atoms with Crippen LogP contribution in [0.15, 0.2) is 42.5 Å². The van der Waals surface area contributed by atoms with Gasteiger partial charge in [0.2, 0.25) is 0 Å². The lowest BCUT2D eigenvalue weighted by atomic mass is 10.1. The van der Waals surface area contributed by atoms with Crippen molar-refractivity contribution in [2.24, 2.45) is 0 Å². The second-order valence-corrected chi connectivity index (χ2v) is 5.59. The molecule has 2 aromatic carbocycles. The van der Waals surface area contributed by atoms with Gasteiger partial charge in [0.1, 0.15) is 11.5 Å². The van der Waals surface area contributed by atoms with E-state index in [0.29, 0.717) is 18.8 Å². The molecule has 1 heterocycles. The van der Waals surface area contributed by atoms with Crippen molar-refractivity contribution in [2.45, 2.75) is 13.3 Å². The summed E-state index contributed by atoms with van der Waals surface area (Å²) in [4.78, 5) is 4.60. The molecule has 0 saturated heterocycles. The minimum atomic E-state index is 0.321. The second-order valence-electron chi connectivity index (χ2n) is 4.48. The summed E-state index contributed by atoms with van der Waals surface area (Å²) in [6, 6.07) is 13.3. The molecule has 0 aliphatic carbocycles. The largest absolute Gasteiger partial charge is 0.508 e. The highest BCUT2D eigenvalue weighted by atomic mass is 32.1. The van der Waals surface area contributed by atoms with Gasteiger partial charge < -0.3 is 9.84 Å². The molecule has 3 aromatic rings. The number of thiazole rings is 1. The first-order valence-corrected chi connectivity index (χ1v) is 7.37. The molecule has 4 heteroatoms. The van der Waals surface area contributed by atoms with Crippen LogP contribution in [0.25, 0.3) is 10.2 Å². The summed E-state index contributed by atoms with van der Waals surface area (Å²) in [6.07, 6.45) is 0.649. The molecule has 0 fully saturated rings. The topological polar surface area (TPSA) is 42.4 Å². The molecule has 0 saturated carbocycles. The van der Waals surface area contributed by atoms with Crippen LogP contribution in [-0.2, 0) is 6.42 Å². The van der Waals surface area contributed by atoms with Gasteiger partial charge in [-0.2, -0.15) is 0 Å². The highest BCUT2D eigenvalue weighted by molar-refractivity contribution is 7.18. The predicted molar refractivity (Wildman–Crippen MR) is 81.7 cm³/mol. The Hall–Kier alpha value is -2.07. The Labute approximate surface area is 121 Å². The number of benzene rings is 2. The molecule has 3 nitrogen and oxygen atoms in total. The zero-order valence-electron chi connectivity index (χ0n) is 11.2. The number of phenolic OH excluding ortho intramolecular Hbond substituents is 1. The summed E-state index contributed by atoms with van der Waals surface area (Å²) < 4.78 is 6.61. The first-order valence-electron chi connectivity index (χ1n) is 6.55. The lowest BCUT2D eigenvalue weighted by Gasteiger charge is -2.00. The number of fused-ring (bicyclic) bond motifs is 1. The molecule has 0 atom stereocenters. The Morgan fingerprint density at radius 3 is 2.85 bits per heavy atom. The van der Waals surface area contributed by atoms with E-state index < -0.39 is 0 Å². The first-order chi connectivity index (χ1) is 9.76. The van der Waals surface area contributed by atoms with Crippen LogP contribution in [0.1, 0.15) is 17.5 Å². The molecule has 0 spiro atoms. The van der Waals surface area contributed by atoms with Crippen LogP contribution in [0.3, 0.4) is 0 Å². The van der Waals surface area contributed by atoms with E-state index in [9.17, 15) is 5.11 Å². The standard InChI is InChI=1S/C16H15NO2S/c1-2-19-12-7-8-13-15(10-12)20-16(17-13)9-11-5-3-4-6-14(11)18/h3-8,10,18H,2,9H2,1H3. The maximum absolute atomic E-state index is 9.82. The first kappa shape index (κ1) is 12.9. The van der Waals surface area contributed by atoms with Gasteiger partial charge in [-0.1, -0.05) is 18.2 Å². The van der Waals surface area contributed by atoms with Crippen LogP contribution in [0.5, 0.6) is 11.5 Å². The molecule has 0 bridgehead atoms. The Kier molecular flexibility index (Phi) is 3.56. The fraction of sp³-hybridized carbons (Fsp3) is 0.188. The monoisotopic (exact) mass is 285 g/mol. The van der Waals surface area contributed by atoms with Crippen molar-refractivity contribution >= 4 is 21.6 Å². The number of ether oxygens (including phenoxy) is 1. The van der Waals surface area contributed by atoms with Gasteiger partial charge in [-0.25, -0.2) is 4.98 Å². The third-order valence-electron chi connectivity index (χ3n) is 3.05. The highest BCUT2D eigenvalue weighted by Gasteiger charge is 2.08. The summed E-state index contributed by atoms with van der Waals surface area (Å²) in [5.74, 6) is 1.19. The molecule has 3 rings (SSSR count). The van der Waals surface area contributed by atoms with E-state index in [4.69, 9.17) is 4.74 Å². The number of rotatable bonds is 4. The van der Waals surface area contributed by atoms with Crippen LogP contribution in [0.4, 0.5) is 0 Å². The molecular formula is C16H15NO2S. The van der Waals surface area contributed by atoms with Crippen LogP contribution < -0.4 is 4.74 Å². The van der Waals surface area contributed by atoms with Gasteiger partial charge in [0.25, 0.3) is 0 Å². The minimum absolute atomic E-state index is 0.321. The van der Waals surface area contributed by atoms with Crippen molar-refractivity contribution in [3.8, 4) is 11.5 Å². The predicted octanol–water partition coefficient (Wildman–Crippen LogP) is 3.99. The Morgan fingerprint density at radius 1 is 1.20 bits per heavy atom. The number of hydrogen-bond acceptors (Lipinski definition) is 4. The molecule has 0 unspecified atom stereocenters. The van der Waals surface area contributed by atoms with E-state index in [0.717, 1.165) is 26.5 Å². The van der Waals surface area contributed by atoms with Gasteiger partial charge in [0, 0.05) is 12.0 Å². The third kappa shape index (κ3) is 2.60. The maximum atomic E-state index is 9.82. The number of hydrogen-bond donors (Lipinski definition) is 1. The number of nitrogens with zero attached hydrogens (tertiary/aromatic N) is 1. The van der Waals surface area contributed by atoms with Gasteiger partial charge in [-0.15, -0.1) is 11.3 Å². The Morgan fingerprint density at radius 2 is 2.05 bits per heavy atom. The van der Waals surface area contributed by atoms with Crippen molar-refractivity contribution in [3.63, 3.8) is 0 Å². The number of para-hydroxylation sites is 1. The van der Waals surface area contributed by atoms with E-state index in [-0.39, 0.29) is 0 Å². The molecule has 20 heavy (non-hydrogen) atoms. The fourth-order valence-corrected chi connectivity index (χ4v) is 3.13. The average molecular weight is 285 g/mol. The van der Waals surface area contributed by atoms with Gasteiger partial charge in [0.05, 0.1) is 21.8 Å². The van der Waals surface area contributed by atoms with E-state index in [1.165, 1.54) is 0 Å². The summed E-state index contributed by atoms with van der Waals surface area (Å²) in [7, 11) is 0. The number of aromatic hydroxyl groups is 1. The second kappa shape index (κ2) is 5.51. The highest BCUT2D eigenvalue weighted by Crippen LogP contribution is 2.29. The van der Waals surface area contributed by atoms with Crippen LogP contribution in [0, 0.1) is 0 Å². The molecule has 0 aliphatic heterocycles. The van der Waals surface area contributed by atoms with Gasteiger partial charge in [-0.05, 0) is 31.2 Å². The van der Waals surface area contributed by atoms with Crippen LogP contribution in [0.2, 0.25) is 0 Å². The maximum Gasteiger partial charge on any atom is 0.120 e. The Bertz CT molecular complexity index is 736. The van der Waals surface area contributed by atoms with Crippen molar-refractivity contribution in [3.05, 3.63) is 53.0 Å². The molecule has 0 aliphatic rings. The molecule has 0 amide bonds. The van der Waals surface area contributed by atoms with Crippen molar-refractivity contribution in [1.82, 2.24) is 4.98 Å². The van der Waals surface area contributed by atoms with Crippen molar-refractivity contribution in [2.75, 3.05) is 6.61 Å². The summed E-state index contributed by atoms with van der Waals surface area (Å²) >= 11 is 1.64. The summed E-state index contributed by atoms with van der Waals surface area (Å²) in [6.45, 7) is 2.63. The summed E-state index contributed by atoms with van der Waals surface area (Å²) in [5, 5.41) is 10.8. The van der Waals surface area contributed by atoms with E-state index in [1.807, 2.05) is 43.3 Å². The van der Waals surface area contributed by atoms with Crippen molar-refractivity contribution < 1.29 is 9.84 Å². The SMILES string of the molecule is CCOc1ccc2nc(Cc3ccccc3O)sc2c1. The van der Waals surface area contributed by atoms with Gasteiger partial charge >= 0.3 is 0 Å². The normalized spacial score (nSPS) is 10.8. The van der Waals surface area contributed by atoms with Gasteiger partial charge in [-0.3, -0.25) is 0 Å². The Balaban J connectivity index is 1.91. The number of aromatic nitrogens is 1.